The van der Waals surface area contributed by atoms with E-state index in [1.807, 2.05) is 13.8 Å². The number of nitrogens with one attached hydrogen (secondary N) is 1. The fourth-order valence-corrected chi connectivity index (χ4v) is 1.95. The molecule has 21 heavy (non-hydrogen) atoms. The van der Waals surface area contributed by atoms with Gasteiger partial charge in [0.15, 0.2) is 5.82 Å². The quantitative estimate of drug-likeness (QED) is 0.878. The number of aromatic nitrogens is 3. The third-order valence-electron chi connectivity index (χ3n) is 2.94. The molecule has 0 bridgehead atoms. The predicted octanol–water partition coefficient (Wildman–Crippen LogP) is 1.72. The van der Waals surface area contributed by atoms with Gasteiger partial charge in [0.2, 0.25) is 5.91 Å². The van der Waals surface area contributed by atoms with Gasteiger partial charge in [-0.25, -0.2) is 14.1 Å². The van der Waals surface area contributed by atoms with E-state index in [2.05, 4.69) is 15.4 Å². The molecule has 1 heterocycles. The SMILES string of the molecule is CC(C)C[C@H](N)C(=O)Nc1ccc(-n2cncn2)c(F)c1. The van der Waals surface area contributed by atoms with Gasteiger partial charge in [0.1, 0.15) is 18.3 Å². The van der Waals surface area contributed by atoms with Crippen LogP contribution in [-0.2, 0) is 4.79 Å². The Morgan fingerprint density at radius 3 is 2.81 bits per heavy atom. The zero-order chi connectivity index (χ0) is 15.4. The average molecular weight is 291 g/mol. The zero-order valence-electron chi connectivity index (χ0n) is 12.0. The minimum Gasteiger partial charge on any atom is -0.325 e. The Hall–Kier alpha value is -2.28. The Kier molecular flexibility index (Phi) is 4.64. The molecular weight excluding hydrogens is 273 g/mol. The molecule has 0 aliphatic rings. The number of halogens is 1. The summed E-state index contributed by atoms with van der Waals surface area (Å²) in [6, 6.07) is 3.74. The van der Waals surface area contributed by atoms with Crippen LogP contribution in [0.3, 0.4) is 0 Å². The highest BCUT2D eigenvalue weighted by atomic mass is 19.1. The summed E-state index contributed by atoms with van der Waals surface area (Å²) in [7, 11) is 0. The summed E-state index contributed by atoms with van der Waals surface area (Å²) in [6.45, 7) is 3.97. The van der Waals surface area contributed by atoms with Gasteiger partial charge in [-0.15, -0.1) is 0 Å². The molecule has 0 fully saturated rings. The second kappa shape index (κ2) is 6.45. The van der Waals surface area contributed by atoms with Crippen molar-refractivity contribution in [1.82, 2.24) is 14.8 Å². The Labute approximate surface area is 122 Å². The normalized spacial score (nSPS) is 12.4. The number of hydrogen-bond acceptors (Lipinski definition) is 4. The van der Waals surface area contributed by atoms with Crippen molar-refractivity contribution in [2.45, 2.75) is 26.3 Å². The predicted molar refractivity (Wildman–Crippen MR) is 77.4 cm³/mol. The van der Waals surface area contributed by atoms with Gasteiger partial charge < -0.3 is 11.1 Å². The lowest BCUT2D eigenvalue weighted by Crippen LogP contribution is -2.36. The standard InChI is InChI=1S/C14H18FN5O/c1-9(2)5-12(16)14(21)19-10-3-4-13(11(15)6-10)20-8-17-7-18-20/h3-4,6-9,12H,5,16H2,1-2H3,(H,19,21)/t12-/m0/s1. The van der Waals surface area contributed by atoms with Crippen LogP contribution in [0.4, 0.5) is 10.1 Å². The van der Waals surface area contributed by atoms with Crippen LogP contribution in [0.25, 0.3) is 5.69 Å². The highest BCUT2D eigenvalue weighted by molar-refractivity contribution is 5.94. The van der Waals surface area contributed by atoms with E-state index >= 15 is 0 Å². The molecular formula is C14H18FN5O. The molecule has 0 saturated carbocycles. The molecule has 112 valence electrons. The number of carbonyl (C=O) groups is 1. The van der Waals surface area contributed by atoms with Gasteiger partial charge in [0.25, 0.3) is 0 Å². The molecule has 0 radical (unpaired) electrons. The van der Waals surface area contributed by atoms with E-state index in [9.17, 15) is 9.18 Å². The van der Waals surface area contributed by atoms with Gasteiger partial charge >= 0.3 is 0 Å². The van der Waals surface area contributed by atoms with Gasteiger partial charge in [-0.1, -0.05) is 13.8 Å². The number of amides is 1. The first-order chi connectivity index (χ1) is 9.97. The molecule has 0 aliphatic heterocycles. The molecule has 0 unspecified atom stereocenters. The number of carbonyl (C=O) groups excluding carboxylic acids is 1. The zero-order valence-corrected chi connectivity index (χ0v) is 12.0. The highest BCUT2D eigenvalue weighted by Gasteiger charge is 2.16. The van der Waals surface area contributed by atoms with Crippen molar-refractivity contribution in [2.75, 3.05) is 5.32 Å². The van der Waals surface area contributed by atoms with Gasteiger partial charge in [-0.3, -0.25) is 4.79 Å². The lowest BCUT2D eigenvalue weighted by molar-refractivity contribution is -0.117. The van der Waals surface area contributed by atoms with Crippen LogP contribution in [0.2, 0.25) is 0 Å². The molecule has 0 spiro atoms. The maximum atomic E-state index is 14.0. The Balaban J connectivity index is 2.09. The van der Waals surface area contributed by atoms with Crippen molar-refractivity contribution in [2.24, 2.45) is 11.7 Å². The topological polar surface area (TPSA) is 85.8 Å². The second-order valence-electron chi connectivity index (χ2n) is 5.23. The molecule has 1 amide bonds. The summed E-state index contributed by atoms with van der Waals surface area (Å²) in [6.07, 6.45) is 3.29. The van der Waals surface area contributed by atoms with Gasteiger partial charge in [-0.05, 0) is 30.5 Å². The number of nitrogens with two attached hydrogens (primary N) is 1. The van der Waals surface area contributed by atoms with Crippen molar-refractivity contribution in [3.8, 4) is 5.69 Å². The number of anilines is 1. The molecule has 2 rings (SSSR count). The third-order valence-corrected chi connectivity index (χ3v) is 2.94. The summed E-state index contributed by atoms with van der Waals surface area (Å²) >= 11 is 0. The Bertz CT molecular complexity index is 612. The molecule has 0 saturated heterocycles. The van der Waals surface area contributed by atoms with Crippen molar-refractivity contribution >= 4 is 11.6 Å². The van der Waals surface area contributed by atoms with E-state index in [-0.39, 0.29) is 11.6 Å². The van der Waals surface area contributed by atoms with Crippen molar-refractivity contribution in [3.63, 3.8) is 0 Å². The molecule has 1 aromatic heterocycles. The number of benzene rings is 1. The summed E-state index contributed by atoms with van der Waals surface area (Å²) < 4.78 is 15.3. The summed E-state index contributed by atoms with van der Waals surface area (Å²) in [5, 5.41) is 6.47. The molecule has 6 nitrogen and oxygen atoms in total. The maximum Gasteiger partial charge on any atom is 0.241 e. The lowest BCUT2D eigenvalue weighted by Gasteiger charge is -2.14. The molecule has 1 atom stereocenters. The van der Waals surface area contributed by atoms with Gasteiger partial charge in [-0.2, -0.15) is 5.10 Å². The van der Waals surface area contributed by atoms with E-state index < -0.39 is 11.9 Å². The fraction of sp³-hybridized carbons (Fsp3) is 0.357. The van der Waals surface area contributed by atoms with Gasteiger partial charge in [0.05, 0.1) is 6.04 Å². The van der Waals surface area contributed by atoms with Crippen molar-refractivity contribution in [3.05, 3.63) is 36.7 Å². The van der Waals surface area contributed by atoms with Crippen molar-refractivity contribution in [1.29, 1.82) is 0 Å². The van der Waals surface area contributed by atoms with Gasteiger partial charge in [0, 0.05) is 5.69 Å². The Morgan fingerprint density at radius 2 is 2.24 bits per heavy atom. The van der Waals surface area contributed by atoms with Crippen LogP contribution in [-0.4, -0.2) is 26.7 Å². The van der Waals surface area contributed by atoms with Crippen molar-refractivity contribution < 1.29 is 9.18 Å². The number of rotatable bonds is 5. The molecule has 1 aromatic carbocycles. The third kappa shape index (κ3) is 3.85. The lowest BCUT2D eigenvalue weighted by atomic mass is 10.0. The summed E-state index contributed by atoms with van der Waals surface area (Å²) in [5.74, 6) is -0.510. The minimum atomic E-state index is -0.608. The first-order valence-corrected chi connectivity index (χ1v) is 6.68. The van der Waals surface area contributed by atoms with E-state index in [1.165, 1.54) is 29.5 Å². The van der Waals surface area contributed by atoms with E-state index in [1.54, 1.807) is 6.07 Å². The van der Waals surface area contributed by atoms with Crippen LogP contribution in [0, 0.1) is 11.7 Å². The molecule has 2 aromatic rings. The van der Waals surface area contributed by atoms with E-state index in [4.69, 9.17) is 5.73 Å². The minimum absolute atomic E-state index is 0.261. The van der Waals surface area contributed by atoms with Crippen LogP contribution < -0.4 is 11.1 Å². The Morgan fingerprint density at radius 1 is 1.48 bits per heavy atom. The first-order valence-electron chi connectivity index (χ1n) is 6.68. The van der Waals surface area contributed by atoms with Crippen LogP contribution in [0.5, 0.6) is 0 Å². The largest absolute Gasteiger partial charge is 0.325 e. The summed E-state index contributed by atoms with van der Waals surface area (Å²) in [5.41, 5.74) is 6.41. The van der Waals surface area contributed by atoms with E-state index in [0.717, 1.165) is 0 Å². The fourth-order valence-electron chi connectivity index (χ4n) is 1.95. The van der Waals surface area contributed by atoms with Crippen LogP contribution in [0.15, 0.2) is 30.9 Å². The monoisotopic (exact) mass is 291 g/mol. The average Bonchev–Trinajstić information content (AvgIpc) is 2.91. The maximum absolute atomic E-state index is 14.0. The summed E-state index contributed by atoms with van der Waals surface area (Å²) in [4.78, 5) is 15.6. The number of hydrogen-bond donors (Lipinski definition) is 2. The smallest absolute Gasteiger partial charge is 0.241 e. The van der Waals surface area contributed by atoms with E-state index in [0.29, 0.717) is 18.0 Å². The second-order valence-corrected chi connectivity index (χ2v) is 5.23. The molecule has 3 N–H and O–H groups in total. The molecule has 7 heteroatoms. The highest BCUT2D eigenvalue weighted by Crippen LogP contribution is 2.17. The van der Waals surface area contributed by atoms with Crippen LogP contribution in [0.1, 0.15) is 20.3 Å². The molecule has 0 aliphatic carbocycles. The number of nitrogens with zero attached hydrogens (tertiary/aromatic N) is 3. The first kappa shape index (κ1) is 15.1. The van der Waals surface area contributed by atoms with Crippen LogP contribution >= 0.6 is 0 Å².